The van der Waals surface area contributed by atoms with E-state index >= 15 is 0 Å². The zero-order chi connectivity index (χ0) is 27.1. The lowest BCUT2D eigenvalue weighted by Crippen LogP contribution is -2.44. The Bertz CT molecular complexity index is 1080. The summed E-state index contributed by atoms with van der Waals surface area (Å²) >= 11 is 0. The molecule has 2 aromatic heterocycles. The largest absolute Gasteiger partial charge is 0.395 e. The summed E-state index contributed by atoms with van der Waals surface area (Å²) in [5, 5.41) is 19.4. The first-order valence-corrected chi connectivity index (χ1v) is 13.9. The van der Waals surface area contributed by atoms with E-state index in [1.54, 1.807) is 0 Å². The van der Waals surface area contributed by atoms with Crippen LogP contribution in [-0.2, 0) is 19.5 Å². The van der Waals surface area contributed by atoms with Gasteiger partial charge in [0.15, 0.2) is 0 Å². The Kier molecular flexibility index (Phi) is 10.1. The maximum atomic E-state index is 9.71. The number of imidazole rings is 1. The number of nitrogens with zero attached hydrogens (tertiary/aromatic N) is 7. The number of rotatable bonds is 12. The topological polar surface area (TPSA) is 84.1 Å². The lowest BCUT2D eigenvalue weighted by Gasteiger charge is -2.36. The summed E-state index contributed by atoms with van der Waals surface area (Å²) in [5.41, 5.74) is 4.59. The molecular formula is C29H45N7O2. The summed E-state index contributed by atoms with van der Waals surface area (Å²) < 4.78 is 2.20. The summed E-state index contributed by atoms with van der Waals surface area (Å²) in [5.74, 6) is 1.80. The number of hydrogen-bond acceptors (Lipinski definition) is 8. The highest BCUT2D eigenvalue weighted by Gasteiger charge is 2.29. The van der Waals surface area contributed by atoms with E-state index in [0.29, 0.717) is 26.2 Å². The lowest BCUT2D eigenvalue weighted by atomic mass is 9.91. The Morgan fingerprint density at radius 3 is 2.58 bits per heavy atom. The molecule has 0 bridgehead atoms. The van der Waals surface area contributed by atoms with E-state index in [4.69, 9.17) is 9.97 Å². The van der Waals surface area contributed by atoms with E-state index in [1.807, 2.05) is 31.3 Å². The first-order valence-electron chi connectivity index (χ1n) is 13.9. The van der Waals surface area contributed by atoms with E-state index in [9.17, 15) is 10.2 Å². The van der Waals surface area contributed by atoms with Crippen molar-refractivity contribution in [1.29, 1.82) is 0 Å². The minimum absolute atomic E-state index is 0.0367. The zero-order valence-electron chi connectivity index (χ0n) is 23.4. The molecule has 208 valence electrons. The SMILES string of the molecule is C=C(N1CCN(C)CC1)n1c(/C=C\C)nc(CN(C)[C@H]2CCCc3cccnc32)c1CN(CCO)CCO. The third kappa shape index (κ3) is 6.52. The molecule has 0 saturated carbocycles. The molecular weight excluding hydrogens is 478 g/mol. The fourth-order valence-electron chi connectivity index (χ4n) is 5.69. The Morgan fingerprint density at radius 1 is 1.16 bits per heavy atom. The van der Waals surface area contributed by atoms with Gasteiger partial charge in [-0.2, -0.15) is 0 Å². The van der Waals surface area contributed by atoms with E-state index in [-0.39, 0.29) is 19.3 Å². The smallest absolute Gasteiger partial charge is 0.138 e. The van der Waals surface area contributed by atoms with Gasteiger partial charge in [0.25, 0.3) is 0 Å². The highest BCUT2D eigenvalue weighted by atomic mass is 16.3. The van der Waals surface area contributed by atoms with Gasteiger partial charge in [-0.15, -0.1) is 0 Å². The maximum absolute atomic E-state index is 9.71. The van der Waals surface area contributed by atoms with Gasteiger partial charge in [-0.1, -0.05) is 18.7 Å². The fraction of sp³-hybridized carbons (Fsp3) is 0.586. The molecule has 4 rings (SSSR count). The molecule has 1 aliphatic carbocycles. The van der Waals surface area contributed by atoms with E-state index in [2.05, 4.69) is 50.9 Å². The van der Waals surface area contributed by atoms with Gasteiger partial charge in [-0.3, -0.25) is 19.4 Å². The quantitative estimate of drug-likeness (QED) is 0.439. The van der Waals surface area contributed by atoms with Crippen molar-refractivity contribution in [2.45, 2.75) is 45.3 Å². The molecule has 2 N–H and O–H groups in total. The number of fused-ring (bicyclic) bond motifs is 1. The summed E-state index contributed by atoms with van der Waals surface area (Å²) in [7, 11) is 4.32. The lowest BCUT2D eigenvalue weighted by molar-refractivity contribution is 0.152. The summed E-state index contributed by atoms with van der Waals surface area (Å²) in [4.78, 5) is 19.1. The molecule has 0 amide bonds. The van der Waals surface area contributed by atoms with Gasteiger partial charge in [0.05, 0.1) is 36.3 Å². The van der Waals surface area contributed by atoms with Crippen molar-refractivity contribution in [2.75, 3.05) is 66.6 Å². The van der Waals surface area contributed by atoms with Gasteiger partial charge in [0, 0.05) is 58.6 Å². The first kappa shape index (κ1) is 28.4. The molecule has 9 nitrogen and oxygen atoms in total. The molecule has 1 atom stereocenters. The van der Waals surface area contributed by atoms with Crippen molar-refractivity contribution in [3.63, 3.8) is 0 Å². The number of allylic oxidation sites excluding steroid dienone is 1. The molecule has 0 radical (unpaired) electrons. The molecule has 3 heterocycles. The average molecular weight is 524 g/mol. The van der Waals surface area contributed by atoms with Gasteiger partial charge < -0.3 is 20.0 Å². The highest BCUT2D eigenvalue weighted by molar-refractivity contribution is 5.54. The van der Waals surface area contributed by atoms with Crippen molar-refractivity contribution < 1.29 is 10.2 Å². The van der Waals surface area contributed by atoms with Gasteiger partial charge in [-0.05, 0) is 58.0 Å². The number of aliphatic hydroxyl groups excluding tert-OH is 2. The monoisotopic (exact) mass is 523 g/mol. The van der Waals surface area contributed by atoms with Crippen LogP contribution in [0.25, 0.3) is 11.9 Å². The molecule has 38 heavy (non-hydrogen) atoms. The van der Waals surface area contributed by atoms with Crippen molar-refractivity contribution in [1.82, 2.24) is 34.1 Å². The van der Waals surface area contributed by atoms with Crippen molar-refractivity contribution in [3.05, 3.63) is 59.5 Å². The van der Waals surface area contributed by atoms with Gasteiger partial charge >= 0.3 is 0 Å². The van der Waals surface area contributed by atoms with Crippen LogP contribution in [0.4, 0.5) is 0 Å². The summed E-state index contributed by atoms with van der Waals surface area (Å²) in [6, 6.07) is 4.48. The zero-order valence-corrected chi connectivity index (χ0v) is 23.4. The second-order valence-electron chi connectivity index (χ2n) is 10.5. The molecule has 1 fully saturated rings. The highest BCUT2D eigenvalue weighted by Crippen LogP contribution is 2.33. The van der Waals surface area contributed by atoms with Crippen LogP contribution in [0, 0.1) is 0 Å². The third-order valence-corrected chi connectivity index (χ3v) is 7.83. The Labute approximate surface area is 227 Å². The molecule has 9 heteroatoms. The van der Waals surface area contributed by atoms with E-state index < -0.39 is 0 Å². The molecule has 1 saturated heterocycles. The minimum atomic E-state index is 0.0367. The molecule has 1 aliphatic heterocycles. The van der Waals surface area contributed by atoms with Crippen molar-refractivity contribution >= 4 is 11.9 Å². The third-order valence-electron chi connectivity index (χ3n) is 7.83. The Balaban J connectivity index is 1.71. The standard InChI is InChI=1S/C29H45N7O2/c1-5-8-28-31-25(21-33(4)26-11-6-9-24-10-7-12-30-29(24)26)27(22-34(17-19-37)18-20-38)36(28)23(2)35-15-13-32(3)14-16-35/h5,7-8,10,12,26,37-38H,2,6,9,11,13-22H2,1,3-4H3/b8-5-/t26-/m0/s1. The van der Waals surface area contributed by atoms with Crippen molar-refractivity contribution in [3.8, 4) is 0 Å². The molecule has 2 aromatic rings. The summed E-state index contributed by atoms with van der Waals surface area (Å²) in [6.45, 7) is 12.7. The predicted octanol–water partition coefficient (Wildman–Crippen LogP) is 2.28. The number of pyridine rings is 1. The normalized spacial score (nSPS) is 18.6. The number of aliphatic hydroxyl groups is 2. The maximum Gasteiger partial charge on any atom is 0.138 e. The predicted molar refractivity (Wildman–Crippen MR) is 152 cm³/mol. The number of piperazine rings is 1. The van der Waals surface area contributed by atoms with Crippen molar-refractivity contribution in [2.24, 2.45) is 0 Å². The van der Waals surface area contributed by atoms with Crippen LogP contribution in [0.2, 0.25) is 0 Å². The van der Waals surface area contributed by atoms with E-state index in [0.717, 1.165) is 68.5 Å². The van der Waals surface area contributed by atoms with Crippen LogP contribution < -0.4 is 0 Å². The van der Waals surface area contributed by atoms with Gasteiger partial charge in [0.1, 0.15) is 11.6 Å². The number of aromatic nitrogens is 3. The second-order valence-corrected chi connectivity index (χ2v) is 10.5. The first-order chi connectivity index (χ1) is 18.5. The molecule has 0 aromatic carbocycles. The minimum Gasteiger partial charge on any atom is -0.395 e. The molecule has 2 aliphatic rings. The molecule has 0 unspecified atom stereocenters. The van der Waals surface area contributed by atoms with Crippen LogP contribution in [0.1, 0.15) is 54.3 Å². The number of hydrogen-bond donors (Lipinski definition) is 2. The second kappa shape index (κ2) is 13.5. The van der Waals surface area contributed by atoms with Gasteiger partial charge in [0.2, 0.25) is 0 Å². The fourth-order valence-corrected chi connectivity index (χ4v) is 5.69. The average Bonchev–Trinajstić information content (AvgIpc) is 3.24. The Morgan fingerprint density at radius 2 is 1.89 bits per heavy atom. The Hall–Kier alpha value is -2.56. The number of likely N-dealkylation sites (N-methyl/N-ethyl adjacent to an activating group) is 1. The van der Waals surface area contributed by atoms with Crippen LogP contribution >= 0.6 is 0 Å². The van der Waals surface area contributed by atoms with Crippen LogP contribution in [0.5, 0.6) is 0 Å². The van der Waals surface area contributed by atoms with Crippen LogP contribution in [0.15, 0.2) is 31.0 Å². The number of aryl methyl sites for hydroxylation is 1. The molecule has 0 spiro atoms. The summed E-state index contributed by atoms with van der Waals surface area (Å²) in [6.07, 6.45) is 9.28. The van der Waals surface area contributed by atoms with Crippen LogP contribution in [0.3, 0.4) is 0 Å². The van der Waals surface area contributed by atoms with Gasteiger partial charge in [-0.25, -0.2) is 4.98 Å². The van der Waals surface area contributed by atoms with E-state index in [1.165, 1.54) is 11.3 Å². The van der Waals surface area contributed by atoms with Crippen LogP contribution in [-0.4, -0.2) is 111 Å².